The van der Waals surface area contributed by atoms with E-state index in [0.29, 0.717) is 18.4 Å². The molecule has 0 aromatic heterocycles. The van der Waals surface area contributed by atoms with Crippen molar-refractivity contribution in [3.05, 3.63) is 78.9 Å². The van der Waals surface area contributed by atoms with Gasteiger partial charge in [0, 0.05) is 18.3 Å². The van der Waals surface area contributed by atoms with Gasteiger partial charge in [-0.05, 0) is 133 Å². The van der Waals surface area contributed by atoms with Gasteiger partial charge in [-0.1, -0.05) is 186 Å². The lowest BCUT2D eigenvalue weighted by molar-refractivity contribution is -0.0551. The monoisotopic (exact) mass is 1090 g/mol. The van der Waals surface area contributed by atoms with Crippen LogP contribution in [0.15, 0.2) is 73.4 Å². The lowest BCUT2D eigenvalue weighted by Crippen LogP contribution is -2.48. The van der Waals surface area contributed by atoms with E-state index in [1.807, 2.05) is 24.3 Å². The Labute approximate surface area is 457 Å². The molecule has 7 nitrogen and oxygen atoms in total. The Morgan fingerprint density at radius 1 is 0.548 bits per heavy atom. The van der Waals surface area contributed by atoms with Crippen LogP contribution in [0.25, 0.3) is 0 Å². The summed E-state index contributed by atoms with van der Waals surface area (Å²) in [4.78, 5) is 0. The Hall–Kier alpha value is -1.39. The predicted molar refractivity (Wildman–Crippen MR) is 328 cm³/mol. The number of aliphatic hydroxyl groups is 1. The molecule has 0 amide bonds. The highest BCUT2D eigenvalue weighted by molar-refractivity contribution is 6.75. The van der Waals surface area contributed by atoms with Gasteiger partial charge in [0.15, 0.2) is 33.3 Å². The van der Waals surface area contributed by atoms with Gasteiger partial charge in [0.05, 0.1) is 50.8 Å². The second-order valence-corrected chi connectivity index (χ2v) is 47.4. The molecule has 0 aliphatic heterocycles. The zero-order valence-electron chi connectivity index (χ0n) is 52.5. The van der Waals surface area contributed by atoms with E-state index in [9.17, 15) is 5.11 Å². The van der Waals surface area contributed by atoms with Crippen molar-refractivity contribution in [1.29, 1.82) is 0 Å². The van der Waals surface area contributed by atoms with Crippen LogP contribution in [-0.2, 0) is 29.0 Å². The van der Waals surface area contributed by atoms with Crippen molar-refractivity contribution in [2.45, 2.75) is 260 Å². The number of methoxy groups -OCH3 is 1. The van der Waals surface area contributed by atoms with Crippen molar-refractivity contribution in [3.63, 3.8) is 0 Å². The highest BCUT2D eigenvalue weighted by Crippen LogP contribution is 2.44. The lowest BCUT2D eigenvalue weighted by atomic mass is 9.82. The third kappa shape index (κ3) is 22.5. The Kier molecular flexibility index (Phi) is 27.7. The first-order valence-corrected chi connectivity index (χ1v) is 39.9. The number of hydrogen-bond acceptors (Lipinski definition) is 7. The van der Waals surface area contributed by atoms with Gasteiger partial charge < -0.3 is 32.3 Å². The molecule has 11 atom stereocenters. The molecule has 0 bridgehead atoms. The molecule has 1 aromatic rings. The Bertz CT molecular complexity index is 1830. The van der Waals surface area contributed by atoms with Crippen LogP contribution in [0.4, 0.5) is 0 Å². The van der Waals surface area contributed by atoms with E-state index in [1.54, 1.807) is 7.11 Å². The minimum Gasteiger partial charge on any atom is -0.497 e. The van der Waals surface area contributed by atoms with Crippen LogP contribution in [0.3, 0.4) is 0 Å². The summed E-state index contributed by atoms with van der Waals surface area (Å²) in [5.41, 5.74) is 1.13. The highest BCUT2D eigenvalue weighted by atomic mass is 28.4. The third-order valence-corrected chi connectivity index (χ3v) is 35.8. The predicted octanol–water partition coefficient (Wildman–Crippen LogP) is 18.4. The molecule has 0 radical (unpaired) electrons. The molecule has 0 fully saturated rings. The Morgan fingerprint density at radius 2 is 1.01 bits per heavy atom. The number of allylic oxidation sites excluding steroid dienone is 2. The van der Waals surface area contributed by atoms with Crippen molar-refractivity contribution in [1.82, 2.24) is 0 Å². The first-order valence-electron chi connectivity index (χ1n) is 28.3. The average Bonchev–Trinajstić information content (AvgIpc) is 3.25. The Morgan fingerprint density at radius 3 is 1.48 bits per heavy atom. The molecule has 1 N–H and O–H groups in total. The van der Waals surface area contributed by atoms with E-state index in [4.69, 9.17) is 27.2 Å². The second-order valence-electron chi connectivity index (χ2n) is 28.4. The standard InChI is InChI=1S/C62H118O7Si4/c1-29-30-32-48(4)58(65-45-52-36-39-53(64-20)40-37-52)51(7)55(67-71(23,24)60(11,12)13)41-34-46(2)43-50(6)57(69-73(27,28)62(17,18)19)49(5)35-38-54(66-70(21,22)59(8,9)10)44-56(47(3)33-31-42-63)68-72(25,26)61(14,15)16/h29-33,35-40,46-51,54-58,63H,1,34,41-45H2,2-28H3/t46-,47+,48-,49-,50-,51-,54+,55-,56-,57-,58-/m0/s1. The molecule has 1 rings (SSSR count). The highest BCUT2D eigenvalue weighted by Gasteiger charge is 2.45. The molecule has 0 spiro atoms. The zero-order chi connectivity index (χ0) is 56.8. The molecular weight excluding hydrogens is 969 g/mol. The summed E-state index contributed by atoms with van der Waals surface area (Å²) in [5, 5.41) is 10.0. The number of ether oxygens (including phenoxy) is 2. The van der Waals surface area contributed by atoms with Crippen molar-refractivity contribution in [3.8, 4) is 5.75 Å². The second kappa shape index (κ2) is 29.0. The van der Waals surface area contributed by atoms with Crippen LogP contribution >= 0.6 is 0 Å². The molecule has 73 heavy (non-hydrogen) atoms. The summed E-state index contributed by atoms with van der Waals surface area (Å²) in [5.74, 6) is 2.16. The Balaban J connectivity index is 3.78. The lowest BCUT2D eigenvalue weighted by Gasteiger charge is -2.44. The molecule has 0 aliphatic rings. The molecule has 0 saturated heterocycles. The summed E-state index contributed by atoms with van der Waals surface area (Å²) in [6.45, 7) is 65.6. The van der Waals surface area contributed by atoms with Gasteiger partial charge >= 0.3 is 0 Å². The summed E-state index contributed by atoms with van der Waals surface area (Å²) >= 11 is 0. The smallest absolute Gasteiger partial charge is 0.192 e. The third-order valence-electron chi connectivity index (χ3n) is 17.8. The van der Waals surface area contributed by atoms with Gasteiger partial charge in [0.2, 0.25) is 0 Å². The summed E-state index contributed by atoms with van der Waals surface area (Å²) in [6, 6.07) is 8.21. The topological polar surface area (TPSA) is 75.6 Å². The maximum absolute atomic E-state index is 9.80. The number of rotatable bonds is 31. The minimum atomic E-state index is -2.20. The van der Waals surface area contributed by atoms with E-state index in [0.717, 1.165) is 37.0 Å². The SMILES string of the molecule is C=CC=C[C@H](C)[C@H](OCc1ccc(OC)cc1)[C@@H](C)[C@H](CC[C@H](C)C[C@H](C)[C@@H](O[Si](C)(C)C(C)(C)C)[C@@H](C)C=C[C@H](C[C@H](O[Si](C)(C)C(C)(C)C)[C@H](C)C=CCO)O[Si](C)(C)C(C)(C)C)O[Si](C)(C)C(C)(C)C. The number of aliphatic hydroxyl groups excluding tert-OH is 1. The van der Waals surface area contributed by atoms with Gasteiger partial charge in [-0.15, -0.1) is 0 Å². The maximum atomic E-state index is 9.80. The van der Waals surface area contributed by atoms with Gasteiger partial charge in [0.25, 0.3) is 0 Å². The van der Waals surface area contributed by atoms with Gasteiger partial charge in [-0.25, -0.2) is 0 Å². The first kappa shape index (κ1) is 69.6. The summed E-state index contributed by atoms with van der Waals surface area (Å²) in [7, 11) is -6.98. The summed E-state index contributed by atoms with van der Waals surface area (Å²) < 4.78 is 42.1. The van der Waals surface area contributed by atoms with Crippen molar-refractivity contribution >= 4 is 33.3 Å². The fourth-order valence-electron chi connectivity index (χ4n) is 8.53. The molecule has 0 unspecified atom stereocenters. The zero-order valence-corrected chi connectivity index (χ0v) is 56.5. The normalized spacial score (nSPS) is 18.8. The van der Waals surface area contributed by atoms with E-state index in [-0.39, 0.29) is 81.0 Å². The first-order chi connectivity index (χ1) is 33.1. The molecule has 1 aromatic carbocycles. The minimum absolute atomic E-state index is 0.0181. The summed E-state index contributed by atoms with van der Waals surface area (Å²) in [6.07, 6.45) is 18.5. The van der Waals surface area contributed by atoms with Crippen LogP contribution in [-0.4, -0.2) is 82.6 Å². The van der Waals surface area contributed by atoms with Gasteiger partial charge in [-0.2, -0.15) is 0 Å². The van der Waals surface area contributed by atoms with E-state index < -0.39 is 33.3 Å². The quantitative estimate of drug-likeness (QED) is 0.0451. The van der Waals surface area contributed by atoms with Crippen LogP contribution in [0.1, 0.15) is 156 Å². The van der Waals surface area contributed by atoms with Crippen molar-refractivity contribution < 1.29 is 32.3 Å². The average molecular weight is 1090 g/mol. The van der Waals surface area contributed by atoms with Crippen LogP contribution in [0.2, 0.25) is 72.5 Å². The van der Waals surface area contributed by atoms with Crippen LogP contribution in [0, 0.1) is 35.5 Å². The molecule has 0 saturated carbocycles. The molecular formula is C62H118O7Si4. The van der Waals surface area contributed by atoms with Crippen molar-refractivity contribution in [2.24, 2.45) is 35.5 Å². The van der Waals surface area contributed by atoms with Crippen molar-refractivity contribution in [2.75, 3.05) is 13.7 Å². The molecule has 0 aliphatic carbocycles. The largest absolute Gasteiger partial charge is 0.497 e. The number of hydrogen-bond donors (Lipinski definition) is 1. The molecule has 424 valence electrons. The van der Waals surface area contributed by atoms with Crippen LogP contribution in [0.5, 0.6) is 5.75 Å². The van der Waals surface area contributed by atoms with Gasteiger partial charge in [0.1, 0.15) is 5.75 Å². The van der Waals surface area contributed by atoms with E-state index in [1.165, 1.54) is 0 Å². The van der Waals surface area contributed by atoms with Gasteiger partial charge in [-0.3, -0.25) is 0 Å². The molecule has 0 heterocycles. The van der Waals surface area contributed by atoms with Crippen LogP contribution < -0.4 is 4.74 Å². The van der Waals surface area contributed by atoms with E-state index in [2.05, 4.69) is 226 Å². The fourth-order valence-corrected chi connectivity index (χ4v) is 14.2. The fraction of sp³-hybridized carbons (Fsp3) is 0.774. The number of benzene rings is 1. The maximum Gasteiger partial charge on any atom is 0.192 e. The molecule has 11 heteroatoms. The van der Waals surface area contributed by atoms with E-state index >= 15 is 0 Å².